The molecular formula is C15H7F6N5. The molecule has 0 spiro atoms. The average molecular weight is 371 g/mol. The number of nitrogens with zero attached hydrogens (tertiary/aromatic N) is 4. The van der Waals surface area contributed by atoms with E-state index in [9.17, 15) is 26.3 Å². The molecule has 134 valence electrons. The second kappa shape index (κ2) is 5.91. The van der Waals surface area contributed by atoms with E-state index in [4.69, 9.17) is 5.26 Å². The predicted octanol–water partition coefficient (Wildman–Crippen LogP) is 4.17. The first kappa shape index (κ1) is 17.5. The van der Waals surface area contributed by atoms with E-state index < -0.39 is 29.2 Å². The molecule has 0 saturated heterocycles. The summed E-state index contributed by atoms with van der Waals surface area (Å²) in [6, 6.07) is 4.24. The van der Waals surface area contributed by atoms with Crippen LogP contribution in [-0.2, 0) is 12.4 Å². The van der Waals surface area contributed by atoms with Gasteiger partial charge in [0.2, 0.25) is 0 Å². The number of hydrogen-bond donors (Lipinski definition) is 1. The molecule has 3 aromatic rings. The van der Waals surface area contributed by atoms with Crippen LogP contribution in [0.5, 0.6) is 0 Å². The van der Waals surface area contributed by atoms with Gasteiger partial charge in [-0.3, -0.25) is 0 Å². The first-order valence-electron chi connectivity index (χ1n) is 6.89. The van der Waals surface area contributed by atoms with E-state index in [1.807, 2.05) is 0 Å². The molecule has 0 saturated carbocycles. The molecule has 0 radical (unpaired) electrons. The number of rotatable bonds is 2. The predicted molar refractivity (Wildman–Crippen MR) is 75.9 cm³/mol. The summed E-state index contributed by atoms with van der Waals surface area (Å²) < 4.78 is 79.2. The SMILES string of the molecule is N#Cc1n[nH]nc1-c1ccn(-c2cc(C(F)(F)F)ccc2C(F)(F)F)c1. The van der Waals surface area contributed by atoms with E-state index in [0.717, 1.165) is 17.0 Å². The molecule has 2 aromatic heterocycles. The molecule has 3 rings (SSSR count). The van der Waals surface area contributed by atoms with Crippen LogP contribution in [0.15, 0.2) is 36.7 Å². The van der Waals surface area contributed by atoms with Crippen molar-refractivity contribution < 1.29 is 26.3 Å². The molecule has 0 aliphatic carbocycles. The van der Waals surface area contributed by atoms with Gasteiger partial charge >= 0.3 is 12.4 Å². The van der Waals surface area contributed by atoms with E-state index in [0.29, 0.717) is 18.2 Å². The third-order valence-electron chi connectivity index (χ3n) is 3.53. The van der Waals surface area contributed by atoms with Crippen molar-refractivity contribution in [3.63, 3.8) is 0 Å². The minimum atomic E-state index is -4.85. The molecule has 0 fully saturated rings. The number of benzene rings is 1. The lowest BCUT2D eigenvalue weighted by Gasteiger charge is -2.16. The zero-order valence-electron chi connectivity index (χ0n) is 12.5. The van der Waals surface area contributed by atoms with Gasteiger partial charge in [-0.25, -0.2) is 0 Å². The highest BCUT2D eigenvalue weighted by Gasteiger charge is 2.37. The molecule has 0 aliphatic heterocycles. The van der Waals surface area contributed by atoms with E-state index in [1.54, 1.807) is 6.07 Å². The maximum Gasteiger partial charge on any atom is 0.418 e. The Bertz CT molecular complexity index is 989. The number of H-pyrrole nitrogens is 1. The van der Waals surface area contributed by atoms with Crippen molar-refractivity contribution in [2.45, 2.75) is 12.4 Å². The standard InChI is InChI=1S/C15H7F6N5/c16-14(17,18)9-1-2-10(15(19,20)21)12(5-9)26-4-3-8(7-26)13-11(6-22)23-25-24-13/h1-5,7H,(H,23,24,25). The normalized spacial score (nSPS) is 12.2. The number of hydrogen-bond acceptors (Lipinski definition) is 3. The zero-order valence-corrected chi connectivity index (χ0v) is 12.5. The van der Waals surface area contributed by atoms with Gasteiger partial charge in [0.25, 0.3) is 0 Å². The zero-order chi connectivity index (χ0) is 19.1. The molecule has 0 aliphatic rings. The molecule has 0 unspecified atom stereocenters. The Morgan fingerprint density at radius 2 is 1.73 bits per heavy atom. The van der Waals surface area contributed by atoms with Crippen molar-refractivity contribution in [1.29, 1.82) is 5.26 Å². The Morgan fingerprint density at radius 3 is 2.35 bits per heavy atom. The molecule has 11 heteroatoms. The van der Waals surface area contributed by atoms with Gasteiger partial charge in [-0.2, -0.15) is 41.9 Å². The fraction of sp³-hybridized carbons (Fsp3) is 0.133. The number of alkyl halides is 6. The fourth-order valence-corrected chi connectivity index (χ4v) is 2.36. The van der Waals surface area contributed by atoms with Crippen molar-refractivity contribution in [2.24, 2.45) is 0 Å². The van der Waals surface area contributed by atoms with Gasteiger partial charge in [-0.05, 0) is 24.3 Å². The largest absolute Gasteiger partial charge is 0.418 e. The highest BCUT2D eigenvalue weighted by Crippen LogP contribution is 2.38. The van der Waals surface area contributed by atoms with Crippen LogP contribution in [-0.4, -0.2) is 20.0 Å². The lowest BCUT2D eigenvalue weighted by molar-refractivity contribution is -0.141. The molecule has 0 bridgehead atoms. The summed E-state index contributed by atoms with van der Waals surface area (Å²) in [4.78, 5) is 0. The van der Waals surface area contributed by atoms with E-state index in [1.165, 1.54) is 6.07 Å². The molecule has 1 aromatic carbocycles. The maximum atomic E-state index is 13.2. The summed E-state index contributed by atoms with van der Waals surface area (Å²) in [5, 5.41) is 18.4. The quantitative estimate of drug-likeness (QED) is 0.688. The fourth-order valence-electron chi connectivity index (χ4n) is 2.36. The Hall–Kier alpha value is -3.29. The number of nitriles is 1. The second-order valence-corrected chi connectivity index (χ2v) is 5.17. The van der Waals surface area contributed by atoms with Crippen LogP contribution in [0.1, 0.15) is 16.8 Å². The maximum absolute atomic E-state index is 13.2. The smallest absolute Gasteiger partial charge is 0.323 e. The Kier molecular flexibility index (Phi) is 3.98. The molecule has 1 N–H and O–H groups in total. The first-order valence-corrected chi connectivity index (χ1v) is 6.89. The van der Waals surface area contributed by atoms with Crippen LogP contribution in [0.3, 0.4) is 0 Å². The van der Waals surface area contributed by atoms with Crippen molar-refractivity contribution >= 4 is 0 Å². The molecule has 0 amide bonds. The van der Waals surface area contributed by atoms with Gasteiger partial charge in [-0.1, -0.05) is 0 Å². The summed E-state index contributed by atoms with van der Waals surface area (Å²) in [6.07, 6.45) is -7.36. The Balaban J connectivity index is 2.16. The second-order valence-electron chi connectivity index (χ2n) is 5.17. The van der Waals surface area contributed by atoms with Gasteiger partial charge in [-0.15, -0.1) is 5.10 Å². The topological polar surface area (TPSA) is 70.3 Å². The third kappa shape index (κ3) is 3.13. The molecule has 5 nitrogen and oxygen atoms in total. The van der Waals surface area contributed by atoms with E-state index in [-0.39, 0.29) is 17.0 Å². The molecule has 0 atom stereocenters. The van der Waals surface area contributed by atoms with Crippen LogP contribution >= 0.6 is 0 Å². The van der Waals surface area contributed by atoms with Crippen LogP contribution in [0.25, 0.3) is 16.9 Å². The van der Waals surface area contributed by atoms with Gasteiger partial charge < -0.3 is 4.57 Å². The minimum absolute atomic E-state index is 0.0757. The average Bonchev–Trinajstić information content (AvgIpc) is 3.21. The lowest BCUT2D eigenvalue weighted by atomic mass is 10.1. The van der Waals surface area contributed by atoms with E-state index in [2.05, 4.69) is 15.4 Å². The Labute approximate surface area is 141 Å². The number of nitrogens with one attached hydrogen (secondary N) is 1. The number of aromatic amines is 1. The van der Waals surface area contributed by atoms with Crippen LogP contribution in [0.4, 0.5) is 26.3 Å². The van der Waals surface area contributed by atoms with Gasteiger partial charge in [0.05, 0.1) is 16.8 Å². The molecule has 26 heavy (non-hydrogen) atoms. The third-order valence-corrected chi connectivity index (χ3v) is 3.53. The summed E-state index contributed by atoms with van der Waals surface area (Å²) in [7, 11) is 0. The van der Waals surface area contributed by atoms with Crippen LogP contribution < -0.4 is 0 Å². The van der Waals surface area contributed by atoms with Gasteiger partial charge in [0.15, 0.2) is 5.69 Å². The number of halogens is 6. The van der Waals surface area contributed by atoms with Crippen molar-refractivity contribution in [2.75, 3.05) is 0 Å². The van der Waals surface area contributed by atoms with Crippen molar-refractivity contribution in [3.05, 3.63) is 53.5 Å². The summed E-state index contributed by atoms with van der Waals surface area (Å²) in [5.74, 6) is 0. The Morgan fingerprint density at radius 1 is 1.00 bits per heavy atom. The monoisotopic (exact) mass is 371 g/mol. The number of aromatic nitrogens is 4. The summed E-state index contributed by atoms with van der Waals surface area (Å²) >= 11 is 0. The minimum Gasteiger partial charge on any atom is -0.323 e. The van der Waals surface area contributed by atoms with Gasteiger partial charge in [0, 0.05) is 18.0 Å². The van der Waals surface area contributed by atoms with Gasteiger partial charge in [0.1, 0.15) is 11.8 Å². The first-order chi connectivity index (χ1) is 12.1. The van der Waals surface area contributed by atoms with Crippen molar-refractivity contribution in [3.8, 4) is 23.0 Å². The molecule has 2 heterocycles. The summed E-state index contributed by atoms with van der Waals surface area (Å²) in [6.45, 7) is 0. The highest BCUT2D eigenvalue weighted by atomic mass is 19.4. The van der Waals surface area contributed by atoms with Crippen molar-refractivity contribution in [1.82, 2.24) is 20.0 Å². The lowest BCUT2D eigenvalue weighted by Crippen LogP contribution is -2.13. The van der Waals surface area contributed by atoms with Crippen LogP contribution in [0.2, 0.25) is 0 Å². The highest BCUT2D eigenvalue weighted by molar-refractivity contribution is 5.64. The summed E-state index contributed by atoms with van der Waals surface area (Å²) in [5.41, 5.74) is -2.93. The van der Waals surface area contributed by atoms with Crippen LogP contribution in [0, 0.1) is 11.3 Å². The van der Waals surface area contributed by atoms with E-state index >= 15 is 0 Å². The molecular weight excluding hydrogens is 364 g/mol.